The Hall–Kier alpha value is -3.20. The van der Waals surface area contributed by atoms with Crippen LogP contribution in [0.2, 0.25) is 0 Å². The Morgan fingerprint density at radius 1 is 1.12 bits per heavy atom. The molecule has 1 aliphatic rings. The Bertz CT molecular complexity index is 1090. The predicted molar refractivity (Wildman–Crippen MR) is 132 cm³/mol. The molecule has 1 fully saturated rings. The molecule has 2 aromatic carbocycles. The molecule has 3 aromatic rings. The number of nitrogens with zero attached hydrogens (tertiary/aromatic N) is 4. The lowest BCUT2D eigenvalue weighted by atomic mass is 10.0. The molecule has 34 heavy (non-hydrogen) atoms. The third-order valence-corrected chi connectivity index (χ3v) is 6.72. The molecule has 1 aliphatic carbocycles. The minimum absolute atomic E-state index is 0.0642. The Labute approximate surface area is 204 Å². The Balaban J connectivity index is 1.31. The molecule has 0 radical (unpaired) electrons. The van der Waals surface area contributed by atoms with Crippen molar-refractivity contribution in [1.29, 1.82) is 0 Å². The van der Waals surface area contributed by atoms with Gasteiger partial charge in [0, 0.05) is 12.6 Å². The number of hydrogen-bond donors (Lipinski definition) is 1. The van der Waals surface area contributed by atoms with E-state index in [2.05, 4.69) is 36.2 Å². The molecule has 0 bridgehead atoms. The van der Waals surface area contributed by atoms with Gasteiger partial charge in [0.2, 0.25) is 11.1 Å². The summed E-state index contributed by atoms with van der Waals surface area (Å²) in [6.07, 6.45) is 2.08. The molecule has 0 spiro atoms. The largest absolute Gasteiger partial charge is 0.497 e. The summed E-state index contributed by atoms with van der Waals surface area (Å²) in [7, 11) is 1.64. The highest BCUT2D eigenvalue weighted by Crippen LogP contribution is 2.30. The van der Waals surface area contributed by atoms with E-state index in [0.29, 0.717) is 29.5 Å². The summed E-state index contributed by atoms with van der Waals surface area (Å²) in [4.78, 5) is 14.9. The first kappa shape index (κ1) is 23.9. The van der Waals surface area contributed by atoms with Crippen molar-refractivity contribution < 1.29 is 14.3 Å². The molecule has 9 heteroatoms. The summed E-state index contributed by atoms with van der Waals surface area (Å²) < 4.78 is 12.4. The van der Waals surface area contributed by atoms with Crippen LogP contribution in [0, 0.1) is 0 Å². The van der Waals surface area contributed by atoms with Crippen LogP contribution in [0.15, 0.2) is 53.7 Å². The molecule has 4 rings (SSSR count). The number of rotatable bonds is 11. The van der Waals surface area contributed by atoms with Gasteiger partial charge >= 0.3 is 0 Å². The summed E-state index contributed by atoms with van der Waals surface area (Å²) in [5.41, 5.74) is 2.33. The van der Waals surface area contributed by atoms with Gasteiger partial charge in [-0.25, -0.2) is 4.68 Å². The van der Waals surface area contributed by atoms with Crippen LogP contribution in [0.3, 0.4) is 0 Å². The fourth-order valence-corrected chi connectivity index (χ4v) is 4.31. The lowest BCUT2D eigenvalue weighted by Crippen LogP contribution is -2.34. The zero-order valence-electron chi connectivity index (χ0n) is 19.8. The fraction of sp³-hybridized carbons (Fsp3) is 0.400. The number of hydrogen-bond acceptors (Lipinski definition) is 7. The number of nitrogen functional groups attached to an aromatic ring is 1. The second-order valence-electron chi connectivity index (χ2n) is 8.67. The lowest BCUT2D eigenvalue weighted by molar-refractivity contribution is -0.129. The second-order valence-corrected chi connectivity index (χ2v) is 9.61. The van der Waals surface area contributed by atoms with E-state index in [-0.39, 0.29) is 18.3 Å². The molecule has 0 atom stereocenters. The Morgan fingerprint density at radius 3 is 2.41 bits per heavy atom. The maximum atomic E-state index is 13.0. The van der Waals surface area contributed by atoms with Crippen molar-refractivity contribution in [3.8, 4) is 11.5 Å². The van der Waals surface area contributed by atoms with Crippen LogP contribution in [0.5, 0.6) is 11.5 Å². The van der Waals surface area contributed by atoms with E-state index < -0.39 is 0 Å². The maximum absolute atomic E-state index is 13.0. The molecule has 1 heterocycles. The van der Waals surface area contributed by atoms with Gasteiger partial charge in [0.1, 0.15) is 18.1 Å². The minimum atomic E-state index is 0.0642. The van der Waals surface area contributed by atoms with E-state index in [0.717, 1.165) is 29.9 Å². The second kappa shape index (κ2) is 10.8. The monoisotopic (exact) mass is 481 g/mol. The molecular weight excluding hydrogens is 450 g/mol. The summed E-state index contributed by atoms with van der Waals surface area (Å²) in [6.45, 7) is 5.09. The predicted octanol–water partition coefficient (Wildman–Crippen LogP) is 3.99. The van der Waals surface area contributed by atoms with Gasteiger partial charge in [-0.05, 0) is 54.2 Å². The van der Waals surface area contributed by atoms with Crippen molar-refractivity contribution in [2.24, 2.45) is 0 Å². The van der Waals surface area contributed by atoms with Crippen molar-refractivity contribution in [3.05, 3.63) is 65.5 Å². The first-order valence-electron chi connectivity index (χ1n) is 11.4. The fourth-order valence-electron chi connectivity index (χ4n) is 3.54. The smallest absolute Gasteiger partial charge is 0.233 e. The normalized spacial score (nSPS) is 13.2. The van der Waals surface area contributed by atoms with Crippen molar-refractivity contribution in [2.45, 2.75) is 57.0 Å². The number of nitrogens with two attached hydrogens (primary N) is 1. The number of thioether (sulfide) groups is 1. The maximum Gasteiger partial charge on any atom is 0.233 e. The van der Waals surface area contributed by atoms with E-state index in [1.807, 2.05) is 41.3 Å². The summed E-state index contributed by atoms with van der Waals surface area (Å²) >= 11 is 1.29. The van der Waals surface area contributed by atoms with Crippen molar-refractivity contribution in [2.75, 3.05) is 18.7 Å². The number of amides is 1. The zero-order valence-corrected chi connectivity index (χ0v) is 20.6. The molecule has 1 saturated carbocycles. The van der Waals surface area contributed by atoms with E-state index in [4.69, 9.17) is 15.3 Å². The highest BCUT2D eigenvalue weighted by molar-refractivity contribution is 7.99. The summed E-state index contributed by atoms with van der Waals surface area (Å²) in [6, 6.07) is 16.1. The zero-order chi connectivity index (χ0) is 24.1. The number of benzene rings is 2. The molecule has 1 amide bonds. The first-order valence-corrected chi connectivity index (χ1v) is 12.4. The SMILES string of the molecule is COc1ccc(CN(C(=O)CSc2nnc(COc3ccc(C(C)C)cc3)n2N)C2CC2)cc1. The molecule has 8 nitrogen and oxygen atoms in total. The third kappa shape index (κ3) is 6.02. The van der Waals surface area contributed by atoms with Crippen molar-refractivity contribution >= 4 is 17.7 Å². The topological polar surface area (TPSA) is 95.5 Å². The molecule has 1 aromatic heterocycles. The van der Waals surface area contributed by atoms with Crippen LogP contribution in [0.4, 0.5) is 0 Å². The van der Waals surface area contributed by atoms with Gasteiger partial charge in [-0.15, -0.1) is 10.2 Å². The van der Waals surface area contributed by atoms with Gasteiger partial charge in [0.25, 0.3) is 0 Å². The molecule has 0 unspecified atom stereocenters. The van der Waals surface area contributed by atoms with Gasteiger partial charge in [-0.3, -0.25) is 4.79 Å². The Morgan fingerprint density at radius 2 is 1.79 bits per heavy atom. The number of carbonyl (C=O) groups excluding carboxylic acids is 1. The van der Waals surface area contributed by atoms with Gasteiger partial charge in [-0.2, -0.15) is 0 Å². The minimum Gasteiger partial charge on any atom is -0.497 e. The van der Waals surface area contributed by atoms with Gasteiger partial charge in [-0.1, -0.05) is 49.9 Å². The van der Waals surface area contributed by atoms with Crippen molar-refractivity contribution in [3.63, 3.8) is 0 Å². The van der Waals surface area contributed by atoms with Gasteiger partial charge in [0.05, 0.1) is 12.9 Å². The van der Waals surface area contributed by atoms with Crippen LogP contribution < -0.4 is 15.3 Å². The molecule has 180 valence electrons. The van der Waals surface area contributed by atoms with Gasteiger partial charge < -0.3 is 20.2 Å². The van der Waals surface area contributed by atoms with Gasteiger partial charge in [0.15, 0.2) is 5.82 Å². The number of methoxy groups -OCH3 is 1. The number of ether oxygens (including phenoxy) is 2. The van der Waals surface area contributed by atoms with E-state index in [9.17, 15) is 4.79 Å². The van der Waals surface area contributed by atoms with Crippen molar-refractivity contribution in [1.82, 2.24) is 19.8 Å². The summed E-state index contributed by atoms with van der Waals surface area (Å²) in [5.74, 6) is 9.00. The highest BCUT2D eigenvalue weighted by Gasteiger charge is 2.32. The third-order valence-electron chi connectivity index (χ3n) is 5.79. The van der Waals surface area contributed by atoms with Crippen LogP contribution >= 0.6 is 11.8 Å². The standard InChI is InChI=1S/C25H31N5O3S/c1-17(2)19-6-12-22(13-7-19)33-15-23-27-28-25(30(23)26)34-16-24(31)29(20-8-9-20)14-18-4-10-21(32-3)11-5-18/h4-7,10-13,17,20H,8-9,14-16,26H2,1-3H3. The van der Waals surface area contributed by atoms with Crippen LogP contribution in [0.1, 0.15) is 49.6 Å². The van der Waals surface area contributed by atoms with E-state index >= 15 is 0 Å². The average Bonchev–Trinajstić information content (AvgIpc) is 3.63. The average molecular weight is 482 g/mol. The van der Waals surface area contributed by atoms with E-state index in [1.165, 1.54) is 22.0 Å². The van der Waals surface area contributed by atoms with Crippen LogP contribution in [-0.4, -0.2) is 44.6 Å². The number of aromatic nitrogens is 3. The molecule has 0 saturated heterocycles. The summed E-state index contributed by atoms with van der Waals surface area (Å²) in [5, 5.41) is 8.77. The number of carbonyl (C=O) groups is 1. The molecule has 0 aliphatic heterocycles. The lowest BCUT2D eigenvalue weighted by Gasteiger charge is -2.22. The molecular formula is C25H31N5O3S. The molecule has 2 N–H and O–H groups in total. The van der Waals surface area contributed by atoms with E-state index in [1.54, 1.807) is 7.11 Å². The van der Waals surface area contributed by atoms with Crippen LogP contribution in [-0.2, 0) is 17.9 Å². The highest BCUT2D eigenvalue weighted by atomic mass is 32.2. The first-order chi connectivity index (χ1) is 16.4. The van der Waals surface area contributed by atoms with Crippen LogP contribution in [0.25, 0.3) is 0 Å². The quantitative estimate of drug-likeness (QED) is 0.327. The Kier molecular flexibility index (Phi) is 7.62.